The van der Waals surface area contributed by atoms with Crippen LogP contribution in [0.15, 0.2) is 30.5 Å². The average molecular weight is 303 g/mol. The van der Waals surface area contributed by atoms with Crippen molar-refractivity contribution >= 4 is 23.2 Å². The lowest BCUT2D eigenvalue weighted by atomic mass is 10.2. The summed E-state index contributed by atoms with van der Waals surface area (Å²) in [5, 5.41) is 17.1. The molecule has 0 spiro atoms. The van der Waals surface area contributed by atoms with Crippen LogP contribution < -0.4 is 11.1 Å². The summed E-state index contributed by atoms with van der Waals surface area (Å²) in [4.78, 5) is 33.7. The summed E-state index contributed by atoms with van der Waals surface area (Å²) in [5.74, 6) is -1.32. The largest absolute Gasteiger partial charge is 0.364 e. The van der Waals surface area contributed by atoms with Crippen LogP contribution in [0, 0.1) is 10.1 Å². The Kier molecular flexibility index (Phi) is 4.16. The Morgan fingerprint density at radius 2 is 2.18 bits per heavy atom. The number of nitrogens with zero attached hydrogens (tertiary/aromatic N) is 3. The average Bonchev–Trinajstić information content (AvgIpc) is 2.90. The molecule has 22 heavy (non-hydrogen) atoms. The van der Waals surface area contributed by atoms with Gasteiger partial charge in [0.15, 0.2) is 0 Å². The standard InChI is InChI=1S/C13H13N5O4/c1-2-17-11(12(14)19)10(7-15-17)16-13(20)8-4-3-5-9(6-8)18(21)22/h3-7H,2H2,1H3,(H2,14,19)(H,16,20). The zero-order chi connectivity index (χ0) is 16.3. The van der Waals surface area contributed by atoms with Crippen LogP contribution in [0.4, 0.5) is 11.4 Å². The molecule has 3 N–H and O–H groups in total. The second kappa shape index (κ2) is 6.04. The lowest BCUT2D eigenvalue weighted by molar-refractivity contribution is -0.384. The first kappa shape index (κ1) is 15.2. The fourth-order valence-corrected chi connectivity index (χ4v) is 1.93. The van der Waals surface area contributed by atoms with E-state index >= 15 is 0 Å². The van der Waals surface area contributed by atoms with E-state index in [9.17, 15) is 19.7 Å². The highest BCUT2D eigenvalue weighted by atomic mass is 16.6. The molecule has 0 bridgehead atoms. The van der Waals surface area contributed by atoms with Gasteiger partial charge in [-0.1, -0.05) is 6.07 Å². The Labute approximate surface area is 124 Å². The van der Waals surface area contributed by atoms with Gasteiger partial charge >= 0.3 is 0 Å². The minimum absolute atomic E-state index is 0.0706. The first-order valence-electron chi connectivity index (χ1n) is 6.35. The molecule has 2 rings (SSSR count). The Balaban J connectivity index is 2.30. The van der Waals surface area contributed by atoms with Crippen LogP contribution in [0.2, 0.25) is 0 Å². The molecular formula is C13H13N5O4. The number of hydrogen-bond donors (Lipinski definition) is 2. The summed E-state index contributed by atoms with van der Waals surface area (Å²) in [7, 11) is 0. The van der Waals surface area contributed by atoms with Crippen molar-refractivity contribution in [2.45, 2.75) is 13.5 Å². The van der Waals surface area contributed by atoms with Gasteiger partial charge in [-0.3, -0.25) is 24.4 Å². The van der Waals surface area contributed by atoms with Crippen molar-refractivity contribution in [2.75, 3.05) is 5.32 Å². The summed E-state index contributed by atoms with van der Waals surface area (Å²) >= 11 is 0. The van der Waals surface area contributed by atoms with Gasteiger partial charge in [-0.2, -0.15) is 5.10 Å². The van der Waals surface area contributed by atoms with Gasteiger partial charge in [0.25, 0.3) is 17.5 Å². The molecule has 9 heteroatoms. The quantitative estimate of drug-likeness (QED) is 0.631. The van der Waals surface area contributed by atoms with Gasteiger partial charge in [0.1, 0.15) is 5.69 Å². The molecule has 0 aliphatic heterocycles. The lowest BCUT2D eigenvalue weighted by Gasteiger charge is -2.06. The van der Waals surface area contributed by atoms with Gasteiger partial charge in [0.2, 0.25) is 0 Å². The fourth-order valence-electron chi connectivity index (χ4n) is 1.93. The number of carbonyl (C=O) groups is 2. The molecule has 114 valence electrons. The number of amides is 2. The molecule has 0 saturated carbocycles. The predicted molar refractivity (Wildman–Crippen MR) is 77.5 cm³/mol. The number of non-ortho nitro benzene ring substituents is 1. The number of hydrogen-bond acceptors (Lipinski definition) is 5. The van der Waals surface area contributed by atoms with E-state index < -0.39 is 16.7 Å². The topological polar surface area (TPSA) is 133 Å². The van der Waals surface area contributed by atoms with E-state index in [-0.39, 0.29) is 22.6 Å². The minimum atomic E-state index is -0.728. The van der Waals surface area contributed by atoms with Gasteiger partial charge in [-0.15, -0.1) is 0 Å². The van der Waals surface area contributed by atoms with E-state index in [0.29, 0.717) is 6.54 Å². The first-order chi connectivity index (χ1) is 10.4. The summed E-state index contributed by atoms with van der Waals surface area (Å²) in [5.41, 5.74) is 5.39. The molecule has 1 aromatic carbocycles. The lowest BCUT2D eigenvalue weighted by Crippen LogP contribution is -2.21. The van der Waals surface area contributed by atoms with E-state index in [4.69, 9.17) is 5.73 Å². The van der Waals surface area contributed by atoms with Crippen LogP contribution in [0.25, 0.3) is 0 Å². The summed E-state index contributed by atoms with van der Waals surface area (Å²) in [6.45, 7) is 2.18. The Morgan fingerprint density at radius 1 is 1.45 bits per heavy atom. The number of nitro benzene ring substituents is 1. The smallest absolute Gasteiger partial charge is 0.270 e. The monoisotopic (exact) mass is 303 g/mol. The second-order valence-corrected chi connectivity index (χ2v) is 4.35. The van der Waals surface area contributed by atoms with E-state index in [1.54, 1.807) is 6.92 Å². The molecular weight excluding hydrogens is 290 g/mol. The highest BCUT2D eigenvalue weighted by molar-refractivity contribution is 6.08. The molecule has 2 aromatic rings. The molecule has 1 aromatic heterocycles. The number of nitro groups is 1. The first-order valence-corrected chi connectivity index (χ1v) is 6.35. The van der Waals surface area contributed by atoms with Crippen molar-refractivity contribution in [3.05, 3.63) is 51.8 Å². The van der Waals surface area contributed by atoms with Crippen molar-refractivity contribution in [1.82, 2.24) is 9.78 Å². The van der Waals surface area contributed by atoms with Crippen molar-refractivity contribution in [2.24, 2.45) is 5.73 Å². The highest BCUT2D eigenvalue weighted by Crippen LogP contribution is 2.18. The zero-order valence-electron chi connectivity index (χ0n) is 11.6. The number of aryl methyl sites for hydroxylation is 1. The normalized spacial score (nSPS) is 10.2. The van der Waals surface area contributed by atoms with Gasteiger partial charge < -0.3 is 11.1 Å². The molecule has 0 fully saturated rings. The van der Waals surface area contributed by atoms with Crippen LogP contribution >= 0.6 is 0 Å². The van der Waals surface area contributed by atoms with Gasteiger partial charge in [-0.25, -0.2) is 0 Å². The van der Waals surface area contributed by atoms with Crippen molar-refractivity contribution < 1.29 is 14.5 Å². The number of primary amides is 1. The highest BCUT2D eigenvalue weighted by Gasteiger charge is 2.18. The molecule has 9 nitrogen and oxygen atoms in total. The third kappa shape index (κ3) is 2.92. The number of carbonyl (C=O) groups excluding carboxylic acids is 2. The van der Waals surface area contributed by atoms with Crippen molar-refractivity contribution in [1.29, 1.82) is 0 Å². The summed E-state index contributed by atoms with van der Waals surface area (Å²) in [6.07, 6.45) is 1.30. The predicted octanol–water partition coefficient (Wildman–Crippen LogP) is 1.16. The molecule has 0 aliphatic carbocycles. The second-order valence-electron chi connectivity index (χ2n) is 4.35. The van der Waals surface area contributed by atoms with E-state index in [2.05, 4.69) is 10.4 Å². The van der Waals surface area contributed by atoms with Crippen LogP contribution in [0.3, 0.4) is 0 Å². The Morgan fingerprint density at radius 3 is 2.77 bits per heavy atom. The van der Waals surface area contributed by atoms with Crippen molar-refractivity contribution in [3.8, 4) is 0 Å². The molecule has 1 heterocycles. The zero-order valence-corrected chi connectivity index (χ0v) is 11.6. The number of aromatic nitrogens is 2. The molecule has 0 radical (unpaired) electrons. The number of benzene rings is 1. The minimum Gasteiger partial charge on any atom is -0.364 e. The Bertz CT molecular complexity index is 753. The van der Waals surface area contributed by atoms with E-state index in [1.165, 1.54) is 29.1 Å². The molecule has 0 aliphatic rings. The van der Waals surface area contributed by atoms with Crippen LogP contribution in [-0.2, 0) is 6.54 Å². The van der Waals surface area contributed by atoms with Gasteiger partial charge in [0.05, 0.1) is 16.8 Å². The maximum atomic E-state index is 12.1. The number of anilines is 1. The Hall–Kier alpha value is -3.23. The third-order valence-corrected chi connectivity index (χ3v) is 2.94. The molecule has 2 amide bonds. The third-order valence-electron chi connectivity index (χ3n) is 2.94. The van der Waals surface area contributed by atoms with Crippen LogP contribution in [0.5, 0.6) is 0 Å². The van der Waals surface area contributed by atoms with Gasteiger partial charge in [0, 0.05) is 24.2 Å². The summed E-state index contributed by atoms with van der Waals surface area (Å²) in [6, 6.07) is 5.25. The van der Waals surface area contributed by atoms with E-state index in [1.807, 2.05) is 0 Å². The van der Waals surface area contributed by atoms with E-state index in [0.717, 1.165) is 6.07 Å². The number of nitrogens with one attached hydrogen (secondary N) is 1. The van der Waals surface area contributed by atoms with Crippen LogP contribution in [-0.4, -0.2) is 26.5 Å². The fraction of sp³-hybridized carbons (Fsp3) is 0.154. The maximum absolute atomic E-state index is 12.1. The molecule has 0 saturated heterocycles. The number of nitrogens with two attached hydrogens (primary N) is 1. The van der Waals surface area contributed by atoms with Crippen LogP contribution in [0.1, 0.15) is 27.8 Å². The SMILES string of the molecule is CCn1ncc(NC(=O)c2cccc([N+](=O)[O-])c2)c1C(N)=O. The van der Waals surface area contributed by atoms with Gasteiger partial charge in [-0.05, 0) is 13.0 Å². The number of rotatable bonds is 5. The molecule has 0 atom stereocenters. The summed E-state index contributed by atoms with van der Waals surface area (Å²) < 4.78 is 1.35. The molecule has 0 unspecified atom stereocenters. The van der Waals surface area contributed by atoms with Crippen molar-refractivity contribution in [3.63, 3.8) is 0 Å². The maximum Gasteiger partial charge on any atom is 0.270 e.